The van der Waals surface area contributed by atoms with Gasteiger partial charge in [-0.2, -0.15) is 0 Å². The van der Waals surface area contributed by atoms with Crippen LogP contribution in [-0.2, 0) is 20.0 Å². The zero-order chi connectivity index (χ0) is 14.7. The Balaban J connectivity index is 2.74. The van der Waals surface area contributed by atoms with Crippen molar-refractivity contribution >= 4 is 25.7 Å². The Labute approximate surface area is 110 Å². The van der Waals surface area contributed by atoms with Crippen molar-refractivity contribution in [3.8, 4) is 0 Å². The molecule has 0 atom stereocenters. The van der Waals surface area contributed by atoms with Crippen LogP contribution in [0.4, 0.5) is 10.1 Å². The number of halogens is 1. The molecule has 5 N–H and O–H groups in total. The summed E-state index contributed by atoms with van der Waals surface area (Å²) in [5.41, 5.74) is 5.35. The van der Waals surface area contributed by atoms with Gasteiger partial charge in [0.2, 0.25) is 20.0 Å². The average molecular weight is 311 g/mol. The summed E-state index contributed by atoms with van der Waals surface area (Å²) >= 11 is 0. The third-order valence-corrected chi connectivity index (χ3v) is 4.54. The predicted octanol–water partition coefficient (Wildman–Crippen LogP) is -0.635. The molecule has 0 spiro atoms. The Kier molecular flexibility index (Phi) is 4.85. The van der Waals surface area contributed by atoms with Crippen molar-refractivity contribution in [2.75, 3.05) is 18.0 Å². The van der Waals surface area contributed by atoms with Crippen LogP contribution in [-0.4, -0.2) is 29.1 Å². The van der Waals surface area contributed by atoms with Crippen molar-refractivity contribution in [2.45, 2.75) is 11.3 Å². The van der Waals surface area contributed by atoms with Crippen LogP contribution >= 0.6 is 0 Å². The number of hydrogen-bond acceptors (Lipinski definition) is 5. The van der Waals surface area contributed by atoms with E-state index in [9.17, 15) is 21.2 Å². The maximum absolute atomic E-state index is 13.0. The van der Waals surface area contributed by atoms with E-state index in [4.69, 9.17) is 10.9 Å². The maximum Gasteiger partial charge on any atom is 0.242 e. The highest BCUT2D eigenvalue weighted by atomic mass is 32.2. The Bertz CT molecular complexity index is 658. The molecule has 0 amide bonds. The van der Waals surface area contributed by atoms with Crippen LogP contribution in [0.15, 0.2) is 23.1 Å². The quantitative estimate of drug-likeness (QED) is 0.475. The lowest BCUT2D eigenvalue weighted by Crippen LogP contribution is -2.28. The van der Waals surface area contributed by atoms with Crippen molar-refractivity contribution in [1.82, 2.24) is 4.72 Å². The lowest BCUT2D eigenvalue weighted by molar-refractivity contribution is 0.574. The molecule has 0 saturated carbocycles. The second kappa shape index (κ2) is 5.82. The minimum absolute atomic E-state index is 0.00723. The molecule has 0 saturated heterocycles. The molecular formula is C9H14FN3O4S2. The Morgan fingerprint density at radius 3 is 2.42 bits per heavy atom. The first-order valence-electron chi connectivity index (χ1n) is 5.17. The van der Waals surface area contributed by atoms with Crippen LogP contribution in [0.5, 0.6) is 0 Å². The molecule has 0 radical (unpaired) electrons. The van der Waals surface area contributed by atoms with Crippen LogP contribution in [0.3, 0.4) is 0 Å². The fraction of sp³-hybridized carbons (Fsp3) is 0.333. The average Bonchev–Trinajstić information content (AvgIpc) is 2.26. The third kappa shape index (κ3) is 5.11. The van der Waals surface area contributed by atoms with E-state index in [-0.39, 0.29) is 29.3 Å². The van der Waals surface area contributed by atoms with Gasteiger partial charge in [0, 0.05) is 6.54 Å². The fourth-order valence-corrected chi connectivity index (χ4v) is 3.06. The minimum Gasteiger partial charge on any atom is -0.398 e. The van der Waals surface area contributed by atoms with Crippen molar-refractivity contribution in [3.05, 3.63) is 24.0 Å². The molecule has 108 valence electrons. The number of benzene rings is 1. The molecule has 10 heteroatoms. The van der Waals surface area contributed by atoms with E-state index >= 15 is 0 Å². The standard InChI is InChI=1S/C9H14FN3O4S2/c10-7-2-3-8(11)9(6-7)19(16,17)13-4-1-5-18(12,14)15/h2-3,6,13H,1,4-5,11H2,(H2,12,14,15). The van der Waals surface area contributed by atoms with E-state index in [0.717, 1.165) is 18.2 Å². The van der Waals surface area contributed by atoms with Gasteiger partial charge in [-0.15, -0.1) is 0 Å². The Morgan fingerprint density at radius 1 is 1.21 bits per heavy atom. The van der Waals surface area contributed by atoms with Crippen LogP contribution in [0.1, 0.15) is 6.42 Å². The summed E-state index contributed by atoms with van der Waals surface area (Å²) in [6, 6.07) is 2.96. The fourth-order valence-electron chi connectivity index (χ4n) is 1.30. The third-order valence-electron chi connectivity index (χ3n) is 2.16. The number of nitrogens with one attached hydrogen (secondary N) is 1. The zero-order valence-electron chi connectivity index (χ0n) is 9.84. The molecule has 7 nitrogen and oxygen atoms in total. The molecule has 0 aliphatic rings. The lowest BCUT2D eigenvalue weighted by atomic mass is 10.3. The number of rotatable bonds is 6. The molecule has 1 aromatic carbocycles. The monoisotopic (exact) mass is 311 g/mol. The lowest BCUT2D eigenvalue weighted by Gasteiger charge is -2.08. The van der Waals surface area contributed by atoms with E-state index in [1.165, 1.54) is 0 Å². The smallest absolute Gasteiger partial charge is 0.242 e. The second-order valence-electron chi connectivity index (χ2n) is 3.80. The summed E-state index contributed by atoms with van der Waals surface area (Å²) in [7, 11) is -7.62. The van der Waals surface area contributed by atoms with E-state index < -0.39 is 25.9 Å². The van der Waals surface area contributed by atoms with E-state index in [1.807, 2.05) is 0 Å². The second-order valence-corrected chi connectivity index (χ2v) is 7.27. The van der Waals surface area contributed by atoms with Crippen LogP contribution < -0.4 is 15.6 Å². The largest absolute Gasteiger partial charge is 0.398 e. The summed E-state index contributed by atoms with van der Waals surface area (Å²) in [5.74, 6) is -1.09. The first-order valence-corrected chi connectivity index (χ1v) is 8.37. The number of primary sulfonamides is 1. The normalized spacial score (nSPS) is 12.5. The zero-order valence-corrected chi connectivity index (χ0v) is 11.5. The van der Waals surface area contributed by atoms with Gasteiger partial charge in [0.1, 0.15) is 10.7 Å². The predicted molar refractivity (Wildman–Crippen MR) is 68.6 cm³/mol. The molecule has 0 unspecified atom stereocenters. The summed E-state index contributed by atoms with van der Waals surface area (Å²) < 4.78 is 60.0. The number of nitrogens with two attached hydrogens (primary N) is 2. The minimum atomic E-state index is -3.98. The molecule has 0 aliphatic heterocycles. The molecule has 1 rings (SSSR count). The summed E-state index contributed by atoms with van der Waals surface area (Å²) in [4.78, 5) is -0.386. The van der Waals surface area contributed by atoms with Crippen LogP contribution in [0, 0.1) is 5.82 Å². The van der Waals surface area contributed by atoms with Crippen molar-refractivity contribution in [1.29, 1.82) is 0 Å². The molecule has 0 bridgehead atoms. The van der Waals surface area contributed by atoms with Gasteiger partial charge in [-0.05, 0) is 24.6 Å². The first kappa shape index (κ1) is 15.8. The van der Waals surface area contributed by atoms with Crippen molar-refractivity contribution in [3.63, 3.8) is 0 Å². The first-order chi connectivity index (χ1) is 8.62. The van der Waals surface area contributed by atoms with Crippen molar-refractivity contribution < 1.29 is 21.2 Å². The van der Waals surface area contributed by atoms with Gasteiger partial charge in [0.05, 0.1) is 11.4 Å². The van der Waals surface area contributed by atoms with Gasteiger partial charge in [-0.25, -0.2) is 31.1 Å². The van der Waals surface area contributed by atoms with Gasteiger partial charge < -0.3 is 5.73 Å². The highest BCUT2D eigenvalue weighted by Gasteiger charge is 2.18. The Morgan fingerprint density at radius 2 is 1.84 bits per heavy atom. The van der Waals surface area contributed by atoms with Gasteiger partial charge >= 0.3 is 0 Å². The van der Waals surface area contributed by atoms with Gasteiger partial charge in [0.15, 0.2) is 0 Å². The topological polar surface area (TPSA) is 132 Å². The molecule has 0 aromatic heterocycles. The van der Waals surface area contributed by atoms with Gasteiger partial charge in [-0.1, -0.05) is 0 Å². The maximum atomic E-state index is 13.0. The number of sulfonamides is 2. The van der Waals surface area contributed by atoms with Gasteiger partial charge in [-0.3, -0.25) is 0 Å². The van der Waals surface area contributed by atoms with Crippen LogP contribution in [0.2, 0.25) is 0 Å². The van der Waals surface area contributed by atoms with E-state index in [1.54, 1.807) is 0 Å². The summed E-state index contributed by atoms with van der Waals surface area (Å²) in [5, 5.41) is 4.77. The highest BCUT2D eigenvalue weighted by Crippen LogP contribution is 2.18. The Hall–Kier alpha value is -1.23. The van der Waals surface area contributed by atoms with Crippen LogP contribution in [0.25, 0.3) is 0 Å². The molecule has 0 heterocycles. The molecule has 19 heavy (non-hydrogen) atoms. The number of nitrogen functional groups attached to an aromatic ring is 1. The molecule has 1 aromatic rings. The van der Waals surface area contributed by atoms with Gasteiger partial charge in [0.25, 0.3) is 0 Å². The SMILES string of the molecule is Nc1ccc(F)cc1S(=O)(=O)NCCCS(N)(=O)=O. The van der Waals surface area contributed by atoms with E-state index in [0.29, 0.717) is 0 Å². The molecule has 0 fully saturated rings. The summed E-state index contributed by atoms with van der Waals surface area (Å²) in [6.07, 6.45) is 0.00723. The molecular weight excluding hydrogens is 297 g/mol. The number of hydrogen-bond donors (Lipinski definition) is 3. The van der Waals surface area contributed by atoms with Crippen molar-refractivity contribution in [2.24, 2.45) is 5.14 Å². The highest BCUT2D eigenvalue weighted by molar-refractivity contribution is 7.89. The summed E-state index contributed by atoms with van der Waals surface area (Å²) in [6.45, 7) is -0.144. The molecule has 0 aliphatic carbocycles. The van der Waals surface area contributed by atoms with E-state index in [2.05, 4.69) is 4.72 Å². The number of anilines is 1.